The van der Waals surface area contributed by atoms with Gasteiger partial charge in [0.1, 0.15) is 0 Å². The Hall–Kier alpha value is -0.470. The highest BCUT2D eigenvalue weighted by atomic mass is 32.2. The zero-order valence-electron chi connectivity index (χ0n) is 12.1. The molecule has 0 radical (unpaired) electrons. The summed E-state index contributed by atoms with van der Waals surface area (Å²) in [6.07, 6.45) is 10.3. The molecular weight excluding hydrogens is 250 g/mol. The second-order valence-electron chi connectivity index (χ2n) is 6.08. The monoisotopic (exact) mass is 275 g/mol. The molecule has 1 nitrogen and oxygen atoms in total. The first kappa shape index (κ1) is 13.5. The molecule has 0 amide bonds. The van der Waals surface area contributed by atoms with Crippen molar-refractivity contribution in [1.82, 2.24) is 5.32 Å². The summed E-state index contributed by atoms with van der Waals surface area (Å²) in [6.45, 7) is 2.33. The minimum absolute atomic E-state index is 0.489. The van der Waals surface area contributed by atoms with Crippen LogP contribution in [0.3, 0.4) is 0 Å². The standard InChI is InChI=1S/C17H25NS/c1-12(18-16-7-4-8-17(16)19-2)14-10-9-13-5-3-6-15(13)11-14/h9-12,16-18H,3-8H2,1-2H3. The van der Waals surface area contributed by atoms with Gasteiger partial charge in [0.05, 0.1) is 0 Å². The molecule has 1 aromatic carbocycles. The maximum Gasteiger partial charge on any atom is 0.0294 e. The van der Waals surface area contributed by atoms with E-state index in [1.54, 1.807) is 11.1 Å². The minimum atomic E-state index is 0.489. The lowest BCUT2D eigenvalue weighted by atomic mass is 10.0. The van der Waals surface area contributed by atoms with Crippen molar-refractivity contribution in [3.63, 3.8) is 0 Å². The fourth-order valence-electron chi connectivity index (χ4n) is 3.68. The van der Waals surface area contributed by atoms with Crippen molar-refractivity contribution >= 4 is 11.8 Å². The normalized spacial score (nSPS) is 27.5. The summed E-state index contributed by atoms with van der Waals surface area (Å²) in [5.74, 6) is 0. The van der Waals surface area contributed by atoms with Crippen molar-refractivity contribution in [3.8, 4) is 0 Å². The highest BCUT2D eigenvalue weighted by Crippen LogP contribution is 2.31. The van der Waals surface area contributed by atoms with E-state index >= 15 is 0 Å². The molecule has 1 saturated carbocycles. The van der Waals surface area contributed by atoms with Crippen molar-refractivity contribution in [1.29, 1.82) is 0 Å². The van der Waals surface area contributed by atoms with Gasteiger partial charge in [0.25, 0.3) is 0 Å². The van der Waals surface area contributed by atoms with Gasteiger partial charge in [-0.3, -0.25) is 0 Å². The molecule has 0 aromatic heterocycles. The van der Waals surface area contributed by atoms with Crippen LogP contribution in [0, 0.1) is 0 Å². The predicted octanol–water partition coefficient (Wildman–Crippen LogP) is 4.11. The molecule has 3 atom stereocenters. The Kier molecular flexibility index (Phi) is 4.18. The molecule has 0 bridgehead atoms. The van der Waals surface area contributed by atoms with E-state index in [1.807, 2.05) is 11.8 Å². The first-order chi connectivity index (χ1) is 9.28. The Morgan fingerprint density at radius 1 is 1.16 bits per heavy atom. The molecule has 0 aliphatic heterocycles. The molecule has 0 saturated heterocycles. The molecule has 104 valence electrons. The fourth-order valence-corrected chi connectivity index (χ4v) is 4.62. The van der Waals surface area contributed by atoms with Crippen LogP contribution in [0.5, 0.6) is 0 Å². The van der Waals surface area contributed by atoms with Crippen molar-refractivity contribution in [2.45, 2.75) is 62.8 Å². The van der Waals surface area contributed by atoms with Crippen LogP contribution in [-0.2, 0) is 12.8 Å². The van der Waals surface area contributed by atoms with Crippen LogP contribution >= 0.6 is 11.8 Å². The second kappa shape index (κ2) is 5.88. The summed E-state index contributed by atoms with van der Waals surface area (Å²) >= 11 is 2.04. The Labute approximate surface area is 121 Å². The molecular formula is C17H25NS. The zero-order chi connectivity index (χ0) is 13.2. The molecule has 1 fully saturated rings. The summed E-state index contributed by atoms with van der Waals surface area (Å²) in [7, 11) is 0. The fraction of sp³-hybridized carbons (Fsp3) is 0.647. The highest BCUT2D eigenvalue weighted by Gasteiger charge is 2.27. The summed E-state index contributed by atoms with van der Waals surface area (Å²) in [5, 5.41) is 4.68. The van der Waals surface area contributed by atoms with Crippen molar-refractivity contribution in [2.24, 2.45) is 0 Å². The molecule has 2 aliphatic carbocycles. The quantitative estimate of drug-likeness (QED) is 0.887. The van der Waals surface area contributed by atoms with Crippen LogP contribution in [0.4, 0.5) is 0 Å². The van der Waals surface area contributed by atoms with E-state index in [-0.39, 0.29) is 0 Å². The summed E-state index contributed by atoms with van der Waals surface area (Å²) < 4.78 is 0. The maximum atomic E-state index is 3.87. The third-order valence-corrected chi connectivity index (χ3v) is 6.01. The van der Waals surface area contributed by atoms with Crippen LogP contribution in [0.1, 0.15) is 55.3 Å². The SMILES string of the molecule is CSC1CCCC1NC(C)c1ccc2c(c1)CCC2. The number of hydrogen-bond donors (Lipinski definition) is 1. The van der Waals surface area contributed by atoms with E-state index in [2.05, 4.69) is 36.7 Å². The van der Waals surface area contributed by atoms with Crippen LogP contribution in [0.25, 0.3) is 0 Å². The number of thioether (sulfide) groups is 1. The van der Waals surface area contributed by atoms with E-state index in [0.717, 1.165) is 5.25 Å². The van der Waals surface area contributed by atoms with E-state index < -0.39 is 0 Å². The van der Waals surface area contributed by atoms with Gasteiger partial charge in [-0.1, -0.05) is 24.6 Å². The van der Waals surface area contributed by atoms with E-state index in [0.29, 0.717) is 12.1 Å². The number of rotatable bonds is 4. The number of hydrogen-bond acceptors (Lipinski definition) is 2. The molecule has 3 unspecified atom stereocenters. The molecule has 3 rings (SSSR count). The first-order valence-electron chi connectivity index (χ1n) is 7.68. The van der Waals surface area contributed by atoms with Crippen molar-refractivity contribution in [3.05, 3.63) is 34.9 Å². The number of nitrogens with one attached hydrogen (secondary N) is 1. The topological polar surface area (TPSA) is 12.0 Å². The van der Waals surface area contributed by atoms with Gasteiger partial charge >= 0.3 is 0 Å². The molecule has 1 aromatic rings. The van der Waals surface area contributed by atoms with Gasteiger partial charge < -0.3 is 5.32 Å². The maximum absolute atomic E-state index is 3.87. The number of fused-ring (bicyclic) bond motifs is 1. The Morgan fingerprint density at radius 3 is 2.84 bits per heavy atom. The molecule has 0 spiro atoms. The molecule has 19 heavy (non-hydrogen) atoms. The average Bonchev–Trinajstić information content (AvgIpc) is 3.05. The van der Waals surface area contributed by atoms with E-state index in [9.17, 15) is 0 Å². The van der Waals surface area contributed by atoms with Gasteiger partial charge in [-0.25, -0.2) is 0 Å². The molecule has 2 heteroatoms. The molecule has 0 heterocycles. The van der Waals surface area contributed by atoms with Gasteiger partial charge in [0, 0.05) is 17.3 Å². The van der Waals surface area contributed by atoms with Crippen LogP contribution in [-0.4, -0.2) is 17.5 Å². The van der Waals surface area contributed by atoms with Crippen molar-refractivity contribution < 1.29 is 0 Å². The van der Waals surface area contributed by atoms with Crippen LogP contribution in [0.15, 0.2) is 18.2 Å². The van der Waals surface area contributed by atoms with E-state index in [1.165, 1.54) is 44.1 Å². The Morgan fingerprint density at radius 2 is 2.00 bits per heavy atom. The van der Waals surface area contributed by atoms with Gasteiger partial charge in [-0.05, 0) is 62.0 Å². The van der Waals surface area contributed by atoms with Gasteiger partial charge in [0.15, 0.2) is 0 Å². The molecule has 2 aliphatic rings. The van der Waals surface area contributed by atoms with E-state index in [4.69, 9.17) is 0 Å². The lowest BCUT2D eigenvalue weighted by Gasteiger charge is -2.24. The van der Waals surface area contributed by atoms with Gasteiger partial charge in [-0.15, -0.1) is 0 Å². The Balaban J connectivity index is 1.68. The third-order valence-electron chi connectivity index (χ3n) is 4.84. The summed E-state index contributed by atoms with van der Waals surface area (Å²) in [4.78, 5) is 0. The lowest BCUT2D eigenvalue weighted by Crippen LogP contribution is -2.35. The third kappa shape index (κ3) is 2.85. The number of benzene rings is 1. The predicted molar refractivity (Wildman–Crippen MR) is 85.0 cm³/mol. The smallest absolute Gasteiger partial charge is 0.0294 e. The average molecular weight is 275 g/mol. The zero-order valence-corrected chi connectivity index (χ0v) is 12.9. The van der Waals surface area contributed by atoms with Gasteiger partial charge in [0.2, 0.25) is 0 Å². The second-order valence-corrected chi connectivity index (χ2v) is 7.16. The Bertz CT molecular complexity index is 443. The van der Waals surface area contributed by atoms with Crippen molar-refractivity contribution in [2.75, 3.05) is 6.26 Å². The number of aryl methyl sites for hydroxylation is 2. The van der Waals surface area contributed by atoms with Crippen LogP contribution < -0.4 is 5.32 Å². The summed E-state index contributed by atoms with van der Waals surface area (Å²) in [5.41, 5.74) is 4.66. The minimum Gasteiger partial charge on any atom is -0.306 e. The first-order valence-corrected chi connectivity index (χ1v) is 8.97. The highest BCUT2D eigenvalue weighted by molar-refractivity contribution is 7.99. The van der Waals surface area contributed by atoms with Gasteiger partial charge in [-0.2, -0.15) is 11.8 Å². The molecule has 1 N–H and O–H groups in total. The van der Waals surface area contributed by atoms with Crippen LogP contribution in [0.2, 0.25) is 0 Å². The lowest BCUT2D eigenvalue weighted by molar-refractivity contribution is 0.467. The largest absolute Gasteiger partial charge is 0.306 e. The summed E-state index contributed by atoms with van der Waals surface area (Å²) in [6, 6.07) is 8.34.